The number of carbonyl (C=O) groups is 1. The van der Waals surface area contributed by atoms with Crippen LogP contribution in [0.25, 0.3) is 5.78 Å². The Morgan fingerprint density at radius 1 is 1.15 bits per heavy atom. The molecular formula is C20H22N6O. The van der Waals surface area contributed by atoms with Crippen molar-refractivity contribution in [1.82, 2.24) is 19.6 Å². The second-order valence-corrected chi connectivity index (χ2v) is 7.33. The van der Waals surface area contributed by atoms with Gasteiger partial charge < -0.3 is 10.2 Å². The molecule has 1 N–H and O–H groups in total. The number of aromatic nitrogens is 4. The van der Waals surface area contributed by atoms with Crippen molar-refractivity contribution in [3.05, 3.63) is 47.9 Å². The Hall–Kier alpha value is -2.96. The van der Waals surface area contributed by atoms with Crippen molar-refractivity contribution < 1.29 is 4.79 Å². The summed E-state index contributed by atoms with van der Waals surface area (Å²) in [4.78, 5) is 24.1. The van der Waals surface area contributed by atoms with Crippen LogP contribution in [0.4, 0.5) is 11.5 Å². The molecule has 1 aromatic carbocycles. The third-order valence-corrected chi connectivity index (χ3v) is 5.56. The molecule has 2 aliphatic rings. The lowest BCUT2D eigenvalue weighted by Gasteiger charge is -2.34. The summed E-state index contributed by atoms with van der Waals surface area (Å²) < 4.78 is 1.85. The fraction of sp³-hybridized carbons (Fsp3) is 0.400. The van der Waals surface area contributed by atoms with Gasteiger partial charge in [-0.05, 0) is 44.2 Å². The van der Waals surface area contributed by atoms with Crippen LogP contribution in [0.1, 0.15) is 30.5 Å². The highest BCUT2D eigenvalue weighted by Crippen LogP contribution is 2.33. The standard InChI is InChI=1S/C20H22N6O/c27-18(23-15-7-2-1-3-8-15)14-6-5-11-25(12-14)19-16-9-4-10-17(16)24-20-21-13-22-26(19)20/h1-3,7-8,13-14H,4-6,9-12H2,(H,23,27)/t14-/m0/s1. The van der Waals surface area contributed by atoms with Crippen LogP contribution in [-0.4, -0.2) is 38.6 Å². The van der Waals surface area contributed by atoms with Gasteiger partial charge in [0.1, 0.15) is 12.1 Å². The molecule has 0 saturated carbocycles. The van der Waals surface area contributed by atoms with Gasteiger partial charge in [-0.25, -0.2) is 4.98 Å². The molecule has 3 aromatic rings. The van der Waals surface area contributed by atoms with Gasteiger partial charge in [-0.3, -0.25) is 4.79 Å². The summed E-state index contributed by atoms with van der Waals surface area (Å²) in [6, 6.07) is 9.67. The zero-order valence-electron chi connectivity index (χ0n) is 15.1. The Kier molecular flexibility index (Phi) is 3.99. The molecule has 3 heterocycles. The van der Waals surface area contributed by atoms with E-state index in [4.69, 9.17) is 0 Å². The zero-order chi connectivity index (χ0) is 18.2. The Labute approximate surface area is 157 Å². The van der Waals surface area contributed by atoms with Crippen LogP contribution in [0.5, 0.6) is 0 Å². The van der Waals surface area contributed by atoms with Crippen molar-refractivity contribution in [3.8, 4) is 0 Å². The second-order valence-electron chi connectivity index (χ2n) is 7.33. The predicted octanol–water partition coefficient (Wildman–Crippen LogP) is 2.47. The number of fused-ring (bicyclic) bond motifs is 2. The molecule has 27 heavy (non-hydrogen) atoms. The van der Waals surface area contributed by atoms with Gasteiger partial charge in [-0.2, -0.15) is 14.6 Å². The van der Waals surface area contributed by atoms with E-state index in [0.717, 1.165) is 55.8 Å². The molecule has 0 spiro atoms. The highest BCUT2D eigenvalue weighted by Gasteiger charge is 2.31. The predicted molar refractivity (Wildman–Crippen MR) is 103 cm³/mol. The fourth-order valence-corrected chi connectivity index (χ4v) is 4.28. The lowest BCUT2D eigenvalue weighted by atomic mass is 9.96. The number of anilines is 2. The number of carbonyl (C=O) groups excluding carboxylic acids is 1. The summed E-state index contributed by atoms with van der Waals surface area (Å²) in [6.45, 7) is 1.63. The Morgan fingerprint density at radius 2 is 2.04 bits per heavy atom. The molecule has 138 valence electrons. The highest BCUT2D eigenvalue weighted by molar-refractivity contribution is 5.93. The van der Waals surface area contributed by atoms with Crippen LogP contribution in [0.3, 0.4) is 0 Å². The van der Waals surface area contributed by atoms with Crippen LogP contribution in [0.2, 0.25) is 0 Å². The van der Waals surface area contributed by atoms with E-state index in [1.165, 1.54) is 5.56 Å². The third kappa shape index (κ3) is 2.93. The van der Waals surface area contributed by atoms with Gasteiger partial charge in [-0.15, -0.1) is 0 Å². The monoisotopic (exact) mass is 362 g/mol. The maximum absolute atomic E-state index is 12.8. The first-order valence-corrected chi connectivity index (χ1v) is 9.62. The minimum absolute atomic E-state index is 0.0391. The molecular weight excluding hydrogens is 340 g/mol. The van der Waals surface area contributed by atoms with Gasteiger partial charge in [0.2, 0.25) is 5.91 Å². The van der Waals surface area contributed by atoms with E-state index in [0.29, 0.717) is 12.3 Å². The molecule has 0 radical (unpaired) electrons. The Bertz CT molecular complexity index is 983. The van der Waals surface area contributed by atoms with Crippen molar-refractivity contribution in [2.45, 2.75) is 32.1 Å². The van der Waals surface area contributed by atoms with E-state index in [9.17, 15) is 4.79 Å². The molecule has 7 nitrogen and oxygen atoms in total. The van der Waals surface area contributed by atoms with Crippen LogP contribution in [-0.2, 0) is 17.6 Å². The van der Waals surface area contributed by atoms with Crippen molar-refractivity contribution >= 4 is 23.2 Å². The molecule has 7 heteroatoms. The number of nitrogens with zero attached hydrogens (tertiary/aromatic N) is 5. The molecule has 1 saturated heterocycles. The van der Waals surface area contributed by atoms with E-state index >= 15 is 0 Å². The molecule has 5 rings (SSSR count). The number of benzene rings is 1. The van der Waals surface area contributed by atoms with Gasteiger partial charge in [-0.1, -0.05) is 18.2 Å². The van der Waals surface area contributed by atoms with Crippen molar-refractivity contribution in [3.63, 3.8) is 0 Å². The van der Waals surface area contributed by atoms with Crippen molar-refractivity contribution in [2.75, 3.05) is 23.3 Å². The largest absolute Gasteiger partial charge is 0.355 e. The fourth-order valence-electron chi connectivity index (χ4n) is 4.28. The Balaban J connectivity index is 1.43. The third-order valence-electron chi connectivity index (χ3n) is 5.56. The number of para-hydroxylation sites is 1. The van der Waals surface area contributed by atoms with Gasteiger partial charge >= 0.3 is 0 Å². The lowest BCUT2D eigenvalue weighted by molar-refractivity contribution is -0.120. The number of rotatable bonds is 3. The molecule has 1 aliphatic heterocycles. The maximum atomic E-state index is 12.8. The van der Waals surface area contributed by atoms with Crippen LogP contribution >= 0.6 is 0 Å². The van der Waals surface area contributed by atoms with Gasteiger partial charge in [0.25, 0.3) is 5.78 Å². The van der Waals surface area contributed by atoms with Crippen molar-refractivity contribution in [1.29, 1.82) is 0 Å². The summed E-state index contributed by atoms with van der Waals surface area (Å²) in [5.74, 6) is 1.79. The molecule has 1 atom stereocenters. The smallest absolute Gasteiger partial charge is 0.254 e. The summed E-state index contributed by atoms with van der Waals surface area (Å²) in [5, 5.41) is 7.47. The maximum Gasteiger partial charge on any atom is 0.254 e. The second kappa shape index (κ2) is 6.64. The first-order valence-electron chi connectivity index (χ1n) is 9.62. The van der Waals surface area contributed by atoms with E-state index in [-0.39, 0.29) is 11.8 Å². The first kappa shape index (κ1) is 16.2. The normalized spacial score (nSPS) is 19.3. The van der Waals surface area contributed by atoms with Crippen LogP contribution in [0.15, 0.2) is 36.7 Å². The van der Waals surface area contributed by atoms with E-state index < -0.39 is 0 Å². The van der Waals surface area contributed by atoms with Crippen molar-refractivity contribution in [2.24, 2.45) is 5.92 Å². The summed E-state index contributed by atoms with van der Waals surface area (Å²) in [6.07, 6.45) is 6.59. The van der Waals surface area contributed by atoms with Gasteiger partial charge in [0.05, 0.1) is 11.6 Å². The van der Waals surface area contributed by atoms with E-state index in [1.54, 1.807) is 6.33 Å². The summed E-state index contributed by atoms with van der Waals surface area (Å²) in [5.41, 5.74) is 3.27. The molecule has 0 unspecified atom stereocenters. The summed E-state index contributed by atoms with van der Waals surface area (Å²) in [7, 11) is 0. The highest BCUT2D eigenvalue weighted by atomic mass is 16.1. The molecule has 2 aromatic heterocycles. The van der Waals surface area contributed by atoms with E-state index in [2.05, 4.69) is 25.3 Å². The number of aryl methyl sites for hydroxylation is 1. The zero-order valence-corrected chi connectivity index (χ0v) is 15.1. The summed E-state index contributed by atoms with van der Waals surface area (Å²) >= 11 is 0. The quantitative estimate of drug-likeness (QED) is 0.775. The first-order chi connectivity index (χ1) is 13.3. The van der Waals surface area contributed by atoms with E-state index in [1.807, 2.05) is 34.8 Å². The minimum Gasteiger partial charge on any atom is -0.355 e. The van der Waals surface area contributed by atoms with Crippen LogP contribution in [0, 0.1) is 5.92 Å². The molecule has 0 bridgehead atoms. The van der Waals surface area contributed by atoms with Gasteiger partial charge in [0.15, 0.2) is 0 Å². The number of hydrogen-bond donors (Lipinski definition) is 1. The SMILES string of the molecule is O=C(Nc1ccccc1)[C@H]1CCCN(c2c3c(nc4ncnn24)CCC3)C1. The average molecular weight is 362 g/mol. The number of piperidine rings is 1. The topological polar surface area (TPSA) is 75.4 Å². The van der Waals surface area contributed by atoms with Crippen LogP contribution < -0.4 is 10.2 Å². The minimum atomic E-state index is -0.0391. The Morgan fingerprint density at radius 3 is 2.93 bits per heavy atom. The number of nitrogens with one attached hydrogen (secondary N) is 1. The molecule has 1 amide bonds. The number of amides is 1. The number of hydrogen-bond acceptors (Lipinski definition) is 5. The molecule has 1 fully saturated rings. The van der Waals surface area contributed by atoms with Gasteiger partial charge in [0, 0.05) is 24.3 Å². The lowest BCUT2D eigenvalue weighted by Crippen LogP contribution is -2.42. The average Bonchev–Trinajstić information content (AvgIpc) is 3.35. The molecule has 1 aliphatic carbocycles.